The van der Waals surface area contributed by atoms with Crippen molar-refractivity contribution in [3.63, 3.8) is 0 Å². The standard InChI is InChI=1S/C11H16N2O2S2/c1-7(14)9-8(12)10(16-2)11(17-9)13-3-5-15-6-4-13/h3-6,12H2,1-2H3. The van der Waals surface area contributed by atoms with E-state index in [-0.39, 0.29) is 5.78 Å². The van der Waals surface area contributed by atoms with Crippen LogP contribution in [0.4, 0.5) is 10.7 Å². The first-order valence-electron chi connectivity index (χ1n) is 5.45. The van der Waals surface area contributed by atoms with Crippen molar-refractivity contribution in [2.45, 2.75) is 11.8 Å². The van der Waals surface area contributed by atoms with Crippen LogP contribution in [-0.2, 0) is 4.74 Å². The Morgan fingerprint density at radius 1 is 1.47 bits per heavy atom. The normalized spacial score (nSPS) is 16.2. The van der Waals surface area contributed by atoms with Gasteiger partial charge in [0.15, 0.2) is 5.78 Å². The molecule has 0 saturated carbocycles. The second-order valence-electron chi connectivity index (χ2n) is 3.84. The number of anilines is 2. The van der Waals surface area contributed by atoms with Gasteiger partial charge in [-0.25, -0.2) is 0 Å². The van der Waals surface area contributed by atoms with Gasteiger partial charge in [-0.1, -0.05) is 0 Å². The third kappa shape index (κ3) is 2.43. The Bertz CT molecular complexity index is 425. The molecule has 1 aromatic heterocycles. The fourth-order valence-corrected chi connectivity index (χ4v) is 3.98. The van der Waals surface area contributed by atoms with Crippen LogP contribution in [0.1, 0.15) is 16.6 Å². The van der Waals surface area contributed by atoms with Gasteiger partial charge >= 0.3 is 0 Å². The van der Waals surface area contributed by atoms with Gasteiger partial charge in [0.05, 0.1) is 28.7 Å². The molecule has 0 bridgehead atoms. The highest BCUT2D eigenvalue weighted by atomic mass is 32.2. The maximum atomic E-state index is 11.5. The number of ketones is 1. The van der Waals surface area contributed by atoms with Crippen molar-refractivity contribution >= 4 is 39.6 Å². The lowest BCUT2D eigenvalue weighted by Crippen LogP contribution is -2.35. The maximum Gasteiger partial charge on any atom is 0.171 e. The molecule has 2 heterocycles. The molecule has 4 nitrogen and oxygen atoms in total. The summed E-state index contributed by atoms with van der Waals surface area (Å²) in [5.74, 6) is 0.0438. The lowest BCUT2D eigenvalue weighted by atomic mass is 10.3. The van der Waals surface area contributed by atoms with Crippen LogP contribution < -0.4 is 10.6 Å². The van der Waals surface area contributed by atoms with E-state index in [0.29, 0.717) is 10.6 Å². The monoisotopic (exact) mass is 272 g/mol. The van der Waals surface area contributed by atoms with E-state index in [4.69, 9.17) is 10.5 Å². The average molecular weight is 272 g/mol. The summed E-state index contributed by atoms with van der Waals surface area (Å²) in [5.41, 5.74) is 6.67. The van der Waals surface area contributed by atoms with Crippen LogP contribution in [0, 0.1) is 0 Å². The fraction of sp³-hybridized carbons (Fsp3) is 0.545. The molecular weight excluding hydrogens is 256 g/mol. The largest absolute Gasteiger partial charge is 0.396 e. The molecule has 1 aromatic rings. The van der Waals surface area contributed by atoms with Gasteiger partial charge in [-0.2, -0.15) is 0 Å². The van der Waals surface area contributed by atoms with Gasteiger partial charge in [-0.15, -0.1) is 23.1 Å². The quantitative estimate of drug-likeness (QED) is 0.674. The third-order valence-electron chi connectivity index (χ3n) is 2.70. The van der Waals surface area contributed by atoms with Crippen LogP contribution in [0.3, 0.4) is 0 Å². The number of hydrogen-bond acceptors (Lipinski definition) is 6. The summed E-state index contributed by atoms with van der Waals surface area (Å²) in [4.78, 5) is 15.5. The summed E-state index contributed by atoms with van der Waals surface area (Å²) in [6.45, 7) is 4.77. The van der Waals surface area contributed by atoms with Crippen molar-refractivity contribution < 1.29 is 9.53 Å². The van der Waals surface area contributed by atoms with Gasteiger partial charge in [0, 0.05) is 20.0 Å². The van der Waals surface area contributed by atoms with Gasteiger partial charge in [0.2, 0.25) is 0 Å². The van der Waals surface area contributed by atoms with Crippen LogP contribution in [0.15, 0.2) is 4.90 Å². The van der Waals surface area contributed by atoms with Crippen molar-refractivity contribution in [2.75, 3.05) is 43.2 Å². The molecule has 0 amide bonds. The van der Waals surface area contributed by atoms with Crippen molar-refractivity contribution in [3.05, 3.63) is 4.88 Å². The minimum Gasteiger partial charge on any atom is -0.396 e. The molecule has 1 aliphatic heterocycles. The van der Waals surface area contributed by atoms with Crippen LogP contribution in [0.2, 0.25) is 0 Å². The van der Waals surface area contributed by atoms with E-state index in [1.165, 1.54) is 11.3 Å². The number of carbonyl (C=O) groups is 1. The van der Waals surface area contributed by atoms with Crippen molar-refractivity contribution in [1.82, 2.24) is 0 Å². The zero-order valence-corrected chi connectivity index (χ0v) is 11.6. The van der Waals surface area contributed by atoms with E-state index in [1.807, 2.05) is 6.26 Å². The predicted octanol–water partition coefficient (Wildman–Crippen LogP) is 2.09. The Labute approximate surface area is 109 Å². The highest BCUT2D eigenvalue weighted by Gasteiger charge is 2.23. The molecule has 94 valence electrons. The van der Waals surface area contributed by atoms with Crippen LogP contribution in [0.25, 0.3) is 0 Å². The van der Waals surface area contributed by atoms with Crippen LogP contribution >= 0.6 is 23.1 Å². The molecule has 2 N–H and O–H groups in total. The highest BCUT2D eigenvalue weighted by molar-refractivity contribution is 7.99. The van der Waals surface area contributed by atoms with E-state index >= 15 is 0 Å². The number of hydrogen-bond donors (Lipinski definition) is 1. The molecule has 1 aliphatic rings. The Morgan fingerprint density at radius 3 is 2.65 bits per heavy atom. The summed E-state index contributed by atoms with van der Waals surface area (Å²) < 4.78 is 5.34. The molecule has 6 heteroatoms. The summed E-state index contributed by atoms with van der Waals surface area (Å²) in [7, 11) is 0. The molecule has 0 aliphatic carbocycles. The van der Waals surface area contributed by atoms with Crippen molar-refractivity contribution in [2.24, 2.45) is 0 Å². The number of nitrogens with two attached hydrogens (primary N) is 1. The number of ether oxygens (including phenoxy) is 1. The summed E-state index contributed by atoms with van der Waals surface area (Å²) in [6.07, 6.45) is 1.99. The molecular formula is C11H16N2O2S2. The smallest absolute Gasteiger partial charge is 0.171 e. The van der Waals surface area contributed by atoms with E-state index in [2.05, 4.69) is 4.90 Å². The average Bonchev–Trinajstić information content (AvgIpc) is 2.67. The molecule has 2 rings (SSSR count). The lowest BCUT2D eigenvalue weighted by molar-refractivity contribution is 0.102. The van der Waals surface area contributed by atoms with Crippen LogP contribution in [-0.4, -0.2) is 38.3 Å². The number of Topliss-reactive ketones (excluding diaryl/α,β-unsaturated/α-hetero) is 1. The highest BCUT2D eigenvalue weighted by Crippen LogP contribution is 2.44. The summed E-state index contributed by atoms with van der Waals surface area (Å²) in [5, 5.41) is 1.11. The zero-order valence-electron chi connectivity index (χ0n) is 9.99. The molecule has 0 radical (unpaired) electrons. The Kier molecular flexibility index (Phi) is 3.96. The van der Waals surface area contributed by atoms with Gasteiger partial charge in [-0.05, 0) is 6.26 Å². The molecule has 0 unspecified atom stereocenters. The number of thioether (sulfide) groups is 1. The van der Waals surface area contributed by atoms with Crippen molar-refractivity contribution in [1.29, 1.82) is 0 Å². The molecule has 17 heavy (non-hydrogen) atoms. The molecule has 1 fully saturated rings. The lowest BCUT2D eigenvalue weighted by Gasteiger charge is -2.28. The Morgan fingerprint density at radius 2 is 2.12 bits per heavy atom. The van der Waals surface area contributed by atoms with E-state index < -0.39 is 0 Å². The summed E-state index contributed by atoms with van der Waals surface area (Å²) >= 11 is 3.10. The second-order valence-corrected chi connectivity index (χ2v) is 5.65. The van der Waals surface area contributed by atoms with E-state index in [9.17, 15) is 4.79 Å². The second kappa shape index (κ2) is 5.29. The van der Waals surface area contributed by atoms with Gasteiger partial charge < -0.3 is 15.4 Å². The molecule has 0 atom stereocenters. The molecule has 1 saturated heterocycles. The van der Waals surface area contributed by atoms with Gasteiger partial charge in [-0.3, -0.25) is 4.79 Å². The Hall–Kier alpha value is -0.720. The Balaban J connectivity index is 2.38. The SMILES string of the molecule is CSc1c(N2CCOCC2)sc(C(C)=O)c1N. The molecule has 0 spiro atoms. The van der Waals surface area contributed by atoms with Crippen molar-refractivity contribution in [3.8, 4) is 0 Å². The maximum absolute atomic E-state index is 11.5. The number of carbonyl (C=O) groups excluding carboxylic acids is 1. The van der Waals surface area contributed by atoms with E-state index in [0.717, 1.165) is 36.2 Å². The third-order valence-corrected chi connectivity index (χ3v) is 5.02. The topological polar surface area (TPSA) is 55.6 Å². The number of morpholine rings is 1. The fourth-order valence-electron chi connectivity index (χ4n) is 1.85. The van der Waals surface area contributed by atoms with Crippen LogP contribution in [0.5, 0.6) is 0 Å². The molecule has 0 aromatic carbocycles. The van der Waals surface area contributed by atoms with Gasteiger partial charge in [0.25, 0.3) is 0 Å². The number of thiophene rings is 1. The minimum absolute atomic E-state index is 0.0438. The first-order valence-corrected chi connectivity index (χ1v) is 7.49. The summed E-state index contributed by atoms with van der Waals surface area (Å²) in [6, 6.07) is 0. The number of nitrogens with zero attached hydrogens (tertiary/aromatic N) is 1. The predicted molar refractivity (Wildman–Crippen MR) is 73.5 cm³/mol. The zero-order chi connectivity index (χ0) is 12.4. The first-order chi connectivity index (χ1) is 8.15. The minimum atomic E-state index is 0.0438. The van der Waals surface area contributed by atoms with Gasteiger partial charge in [0.1, 0.15) is 5.00 Å². The van der Waals surface area contributed by atoms with E-state index in [1.54, 1.807) is 18.7 Å². The first kappa shape index (κ1) is 12.7. The number of rotatable bonds is 3. The number of nitrogen functional groups attached to an aromatic ring is 1.